The van der Waals surface area contributed by atoms with Crippen LogP contribution in [0.1, 0.15) is 19.8 Å². The molecule has 0 bridgehead atoms. The summed E-state index contributed by atoms with van der Waals surface area (Å²) < 4.78 is 28.3. The molecule has 2 fully saturated rings. The van der Waals surface area contributed by atoms with E-state index in [0.717, 1.165) is 13.1 Å². The van der Waals surface area contributed by atoms with E-state index < -0.39 is 10.0 Å². The van der Waals surface area contributed by atoms with Gasteiger partial charge in [0.05, 0.1) is 0 Å². The van der Waals surface area contributed by atoms with E-state index in [4.69, 9.17) is 5.73 Å². The van der Waals surface area contributed by atoms with Crippen LogP contribution >= 0.6 is 0 Å². The second kappa shape index (κ2) is 5.01. The molecule has 7 nitrogen and oxygen atoms in total. The minimum absolute atomic E-state index is 0.0940. The van der Waals surface area contributed by atoms with Crippen molar-refractivity contribution in [3.63, 3.8) is 0 Å². The molecule has 0 amide bonds. The molecule has 1 aromatic rings. The maximum Gasteiger partial charge on any atom is 0.248 e. The van der Waals surface area contributed by atoms with E-state index in [1.54, 1.807) is 4.68 Å². The van der Waals surface area contributed by atoms with Crippen LogP contribution in [0.25, 0.3) is 0 Å². The van der Waals surface area contributed by atoms with Gasteiger partial charge in [-0.05, 0) is 19.8 Å². The lowest BCUT2D eigenvalue weighted by atomic mass is 10.3. The average Bonchev–Trinajstić information content (AvgIpc) is 3.21. The van der Waals surface area contributed by atoms with E-state index in [0.29, 0.717) is 25.7 Å². The van der Waals surface area contributed by atoms with Crippen molar-refractivity contribution in [3.8, 4) is 0 Å². The number of aromatic nitrogens is 2. The molecule has 2 heterocycles. The van der Waals surface area contributed by atoms with Crippen LogP contribution in [0, 0.1) is 0 Å². The van der Waals surface area contributed by atoms with Crippen LogP contribution in [0.5, 0.6) is 0 Å². The smallest absolute Gasteiger partial charge is 0.248 e. The number of aryl methyl sites for hydroxylation is 1. The van der Waals surface area contributed by atoms with Gasteiger partial charge in [-0.25, -0.2) is 8.42 Å². The molecular formula is C12H21N5O2S. The summed E-state index contributed by atoms with van der Waals surface area (Å²) in [5, 5.41) is 4.02. The number of hydrogen-bond acceptors (Lipinski definition) is 5. The van der Waals surface area contributed by atoms with Crippen molar-refractivity contribution >= 4 is 15.8 Å². The molecule has 1 saturated carbocycles. The van der Waals surface area contributed by atoms with Crippen LogP contribution in [-0.2, 0) is 16.6 Å². The molecule has 0 aromatic carbocycles. The molecule has 1 aliphatic heterocycles. The number of piperazine rings is 1. The van der Waals surface area contributed by atoms with Crippen LogP contribution in [0.4, 0.5) is 5.82 Å². The highest BCUT2D eigenvalue weighted by Gasteiger charge is 2.36. The first kappa shape index (κ1) is 13.8. The summed E-state index contributed by atoms with van der Waals surface area (Å²) in [5.74, 6) is 0.0940. The Bertz CT molecular complexity index is 585. The highest BCUT2D eigenvalue weighted by molar-refractivity contribution is 7.89. The summed E-state index contributed by atoms with van der Waals surface area (Å²) in [7, 11) is -3.51. The minimum atomic E-state index is -3.51. The number of nitrogen functional groups attached to an aromatic ring is 1. The van der Waals surface area contributed by atoms with Crippen molar-refractivity contribution in [2.24, 2.45) is 0 Å². The molecule has 0 atom stereocenters. The molecule has 1 aliphatic carbocycles. The molecule has 112 valence electrons. The highest BCUT2D eigenvalue weighted by Crippen LogP contribution is 2.29. The predicted molar refractivity (Wildman–Crippen MR) is 75.7 cm³/mol. The third-order valence-electron chi connectivity index (χ3n) is 4.03. The van der Waals surface area contributed by atoms with Crippen LogP contribution in [0.15, 0.2) is 11.1 Å². The fraction of sp³-hybridized carbons (Fsp3) is 0.750. The lowest BCUT2D eigenvalue weighted by Gasteiger charge is -2.33. The zero-order valence-electron chi connectivity index (χ0n) is 11.7. The fourth-order valence-electron chi connectivity index (χ4n) is 2.67. The van der Waals surface area contributed by atoms with Gasteiger partial charge in [-0.1, -0.05) is 0 Å². The van der Waals surface area contributed by atoms with Gasteiger partial charge in [-0.3, -0.25) is 9.58 Å². The lowest BCUT2D eigenvalue weighted by molar-refractivity contribution is 0.180. The van der Waals surface area contributed by atoms with E-state index in [9.17, 15) is 8.42 Å². The largest absolute Gasteiger partial charge is 0.381 e. The lowest BCUT2D eigenvalue weighted by Crippen LogP contribution is -2.49. The number of rotatable bonds is 4. The number of nitrogens with two attached hydrogens (primary N) is 1. The first-order valence-corrected chi connectivity index (χ1v) is 8.53. The predicted octanol–water partition coefficient (Wildman–Crippen LogP) is -0.0461. The zero-order valence-corrected chi connectivity index (χ0v) is 12.5. The van der Waals surface area contributed by atoms with Crippen molar-refractivity contribution in [2.45, 2.75) is 37.2 Å². The van der Waals surface area contributed by atoms with Crippen LogP contribution in [-0.4, -0.2) is 59.6 Å². The van der Waals surface area contributed by atoms with Gasteiger partial charge in [0.15, 0.2) is 5.82 Å². The second-order valence-electron chi connectivity index (χ2n) is 5.41. The summed E-state index contributed by atoms with van der Waals surface area (Å²) in [6.45, 7) is 5.20. The van der Waals surface area contributed by atoms with Gasteiger partial charge in [-0.15, -0.1) is 0 Å². The van der Waals surface area contributed by atoms with E-state index in [2.05, 4.69) is 10.00 Å². The molecule has 1 saturated heterocycles. The van der Waals surface area contributed by atoms with Crippen LogP contribution in [0.3, 0.4) is 0 Å². The Morgan fingerprint density at radius 1 is 1.30 bits per heavy atom. The Labute approximate surface area is 119 Å². The third-order valence-corrected chi connectivity index (χ3v) is 5.95. The maximum absolute atomic E-state index is 12.6. The van der Waals surface area contributed by atoms with Crippen molar-refractivity contribution in [1.29, 1.82) is 0 Å². The van der Waals surface area contributed by atoms with Gasteiger partial charge in [0.25, 0.3) is 0 Å². The minimum Gasteiger partial charge on any atom is -0.381 e. The van der Waals surface area contributed by atoms with Crippen LogP contribution < -0.4 is 5.73 Å². The summed E-state index contributed by atoms with van der Waals surface area (Å²) in [4.78, 5) is 2.52. The summed E-state index contributed by atoms with van der Waals surface area (Å²) >= 11 is 0. The summed E-state index contributed by atoms with van der Waals surface area (Å²) in [5.41, 5.74) is 5.75. The Kier molecular flexibility index (Phi) is 3.47. The molecule has 0 radical (unpaired) electrons. The Morgan fingerprint density at radius 3 is 2.45 bits per heavy atom. The van der Waals surface area contributed by atoms with Gasteiger partial charge in [0, 0.05) is 45.0 Å². The third kappa shape index (κ3) is 2.43. The SMILES string of the molecule is CCn1cc(S(=O)(=O)N2CCN(C3CC3)CC2)c(N)n1. The maximum atomic E-state index is 12.6. The molecule has 2 aliphatic rings. The molecule has 20 heavy (non-hydrogen) atoms. The van der Waals surface area contributed by atoms with Crippen molar-refractivity contribution in [3.05, 3.63) is 6.20 Å². The number of hydrogen-bond donors (Lipinski definition) is 1. The van der Waals surface area contributed by atoms with Crippen LogP contribution in [0.2, 0.25) is 0 Å². The van der Waals surface area contributed by atoms with E-state index >= 15 is 0 Å². The Morgan fingerprint density at radius 2 is 1.95 bits per heavy atom. The molecule has 3 rings (SSSR count). The molecule has 0 spiro atoms. The standard InChI is InChI=1S/C12H21N5O2S/c1-2-16-9-11(12(13)14-16)20(18,19)17-7-5-15(6-8-17)10-3-4-10/h9-10H,2-8H2,1H3,(H2,13,14). The summed E-state index contributed by atoms with van der Waals surface area (Å²) in [6.07, 6.45) is 4.03. The monoisotopic (exact) mass is 299 g/mol. The Hall–Kier alpha value is -1.12. The zero-order chi connectivity index (χ0) is 14.3. The molecule has 1 aromatic heterocycles. The molecule has 2 N–H and O–H groups in total. The van der Waals surface area contributed by atoms with Crippen molar-refractivity contribution in [2.75, 3.05) is 31.9 Å². The topological polar surface area (TPSA) is 84.5 Å². The number of anilines is 1. The van der Waals surface area contributed by atoms with Gasteiger partial charge in [0.1, 0.15) is 4.90 Å². The normalized spacial score (nSPS) is 22.2. The first-order chi connectivity index (χ1) is 9.52. The first-order valence-electron chi connectivity index (χ1n) is 7.09. The van der Waals surface area contributed by atoms with E-state index in [-0.39, 0.29) is 10.7 Å². The molecule has 0 unspecified atom stereocenters. The number of nitrogens with zero attached hydrogens (tertiary/aromatic N) is 4. The molecule has 8 heteroatoms. The Balaban J connectivity index is 1.76. The van der Waals surface area contributed by atoms with Gasteiger partial charge in [0.2, 0.25) is 10.0 Å². The van der Waals surface area contributed by atoms with Gasteiger partial charge < -0.3 is 5.73 Å². The van der Waals surface area contributed by atoms with E-state index in [1.165, 1.54) is 23.3 Å². The number of sulfonamides is 1. The van der Waals surface area contributed by atoms with Gasteiger partial charge >= 0.3 is 0 Å². The average molecular weight is 299 g/mol. The molecular weight excluding hydrogens is 278 g/mol. The van der Waals surface area contributed by atoms with E-state index in [1.807, 2.05) is 6.92 Å². The fourth-order valence-corrected chi connectivity index (χ4v) is 4.15. The second-order valence-corrected chi connectivity index (χ2v) is 7.31. The summed E-state index contributed by atoms with van der Waals surface area (Å²) in [6, 6.07) is 0.688. The quantitative estimate of drug-likeness (QED) is 0.843. The highest BCUT2D eigenvalue weighted by atomic mass is 32.2. The van der Waals surface area contributed by atoms with Crippen molar-refractivity contribution < 1.29 is 8.42 Å². The van der Waals surface area contributed by atoms with Gasteiger partial charge in [-0.2, -0.15) is 9.40 Å². The van der Waals surface area contributed by atoms with Crippen molar-refractivity contribution in [1.82, 2.24) is 19.0 Å².